The van der Waals surface area contributed by atoms with Gasteiger partial charge in [0.15, 0.2) is 17.3 Å². The Balaban J connectivity index is 2.26. The maximum atomic E-state index is 14.1. The van der Waals surface area contributed by atoms with Gasteiger partial charge in [0, 0.05) is 12.3 Å². The van der Waals surface area contributed by atoms with Gasteiger partial charge in [-0.3, -0.25) is 4.79 Å². The molecule has 1 aliphatic rings. The van der Waals surface area contributed by atoms with E-state index in [0.29, 0.717) is 6.07 Å². The molecule has 1 N–H and O–H groups in total. The average molecular weight is 333 g/mol. The van der Waals surface area contributed by atoms with Crippen LogP contribution in [0.15, 0.2) is 35.3 Å². The number of aromatic nitrogens is 1. The fourth-order valence-corrected chi connectivity index (χ4v) is 2.72. The third-order valence-corrected chi connectivity index (χ3v) is 3.76. The zero-order valence-electron chi connectivity index (χ0n) is 11.6. The minimum absolute atomic E-state index is 0.122. The van der Waals surface area contributed by atoms with Crippen LogP contribution in [0.5, 0.6) is 11.5 Å². The lowest BCUT2D eigenvalue weighted by Gasteiger charge is -2.24. The normalized spacial score (nSPS) is 12.0. The molecule has 0 fully saturated rings. The van der Waals surface area contributed by atoms with Crippen LogP contribution in [0.25, 0.3) is 16.6 Å². The summed E-state index contributed by atoms with van der Waals surface area (Å²) >= 11 is 0. The third kappa shape index (κ3) is 1.76. The number of carboxylic acids is 1. The summed E-state index contributed by atoms with van der Waals surface area (Å²) < 4.78 is 47.7. The van der Waals surface area contributed by atoms with Gasteiger partial charge in [-0.2, -0.15) is 4.39 Å². The first kappa shape index (κ1) is 14.3. The molecule has 1 aromatic heterocycles. The van der Waals surface area contributed by atoms with Crippen LogP contribution in [0.4, 0.5) is 13.2 Å². The van der Waals surface area contributed by atoms with E-state index in [-0.39, 0.29) is 22.3 Å². The predicted molar refractivity (Wildman–Crippen MR) is 76.5 cm³/mol. The van der Waals surface area contributed by atoms with E-state index in [9.17, 15) is 27.9 Å². The number of pyridine rings is 1. The second-order valence-corrected chi connectivity index (χ2v) is 5.16. The summed E-state index contributed by atoms with van der Waals surface area (Å²) in [6, 6.07) is 3.95. The van der Waals surface area contributed by atoms with E-state index in [1.165, 1.54) is 10.6 Å². The van der Waals surface area contributed by atoms with Crippen LogP contribution in [0, 0.1) is 17.5 Å². The molecule has 0 unspecified atom stereocenters. The Morgan fingerprint density at radius 1 is 1.17 bits per heavy atom. The number of rotatable bonds is 1. The van der Waals surface area contributed by atoms with Crippen LogP contribution in [0.3, 0.4) is 0 Å². The zero-order chi connectivity index (χ0) is 17.2. The zero-order valence-corrected chi connectivity index (χ0v) is 11.6. The van der Waals surface area contributed by atoms with Crippen molar-refractivity contribution in [2.24, 2.45) is 0 Å². The highest BCUT2D eigenvalue weighted by molar-refractivity contribution is 5.96. The Bertz CT molecular complexity index is 1120. The fourth-order valence-electron chi connectivity index (χ4n) is 2.72. The van der Waals surface area contributed by atoms with Gasteiger partial charge in [-0.05, 0) is 18.2 Å². The highest BCUT2D eigenvalue weighted by Crippen LogP contribution is 2.42. The molecular weight excluding hydrogens is 327 g/mol. The summed E-state index contributed by atoms with van der Waals surface area (Å²) in [6.45, 7) is 0. The molecule has 0 aliphatic carbocycles. The van der Waals surface area contributed by atoms with Gasteiger partial charge in [0.25, 0.3) is 0 Å². The molecule has 2 aromatic carbocycles. The minimum Gasteiger partial charge on any atom is -0.477 e. The van der Waals surface area contributed by atoms with Crippen molar-refractivity contribution in [3.63, 3.8) is 0 Å². The number of carbonyl (C=O) groups is 1. The van der Waals surface area contributed by atoms with E-state index >= 15 is 0 Å². The average Bonchev–Trinajstić information content (AvgIpc) is 2.53. The van der Waals surface area contributed by atoms with E-state index in [4.69, 9.17) is 4.74 Å². The van der Waals surface area contributed by atoms with E-state index < -0.39 is 40.2 Å². The van der Waals surface area contributed by atoms with Gasteiger partial charge in [0.1, 0.15) is 16.9 Å². The number of aromatic carboxylic acids is 1. The Morgan fingerprint density at radius 2 is 1.92 bits per heavy atom. The lowest BCUT2D eigenvalue weighted by Crippen LogP contribution is -2.21. The molecule has 0 spiro atoms. The molecule has 2 heterocycles. The SMILES string of the molecule is O=C(O)c1cn2c3c(c(F)c(F)cc3c1=O)Oc1cc(F)ccc1-2. The van der Waals surface area contributed by atoms with Crippen LogP contribution in [0.2, 0.25) is 0 Å². The molecule has 0 radical (unpaired) electrons. The van der Waals surface area contributed by atoms with Crippen LogP contribution < -0.4 is 10.2 Å². The van der Waals surface area contributed by atoms with Gasteiger partial charge in [-0.25, -0.2) is 13.6 Å². The van der Waals surface area contributed by atoms with Crippen molar-refractivity contribution in [1.82, 2.24) is 4.57 Å². The van der Waals surface area contributed by atoms with Crippen molar-refractivity contribution < 1.29 is 27.8 Å². The van der Waals surface area contributed by atoms with E-state index in [1.807, 2.05) is 0 Å². The number of fused-ring (bicyclic) bond motifs is 2. The smallest absolute Gasteiger partial charge is 0.341 e. The highest BCUT2D eigenvalue weighted by atomic mass is 19.2. The number of benzene rings is 2. The number of carboxylic acid groups (broad SMARTS) is 1. The molecular formula is C16H6F3NO4. The topological polar surface area (TPSA) is 68.5 Å². The summed E-state index contributed by atoms with van der Waals surface area (Å²) in [6.07, 6.45) is 0.979. The number of halogens is 3. The quantitative estimate of drug-likeness (QED) is 0.581. The lowest BCUT2D eigenvalue weighted by atomic mass is 10.1. The molecule has 1 aliphatic heterocycles. The Hall–Kier alpha value is -3.29. The van der Waals surface area contributed by atoms with E-state index in [1.54, 1.807) is 0 Å². The van der Waals surface area contributed by atoms with Gasteiger partial charge < -0.3 is 14.4 Å². The van der Waals surface area contributed by atoms with Gasteiger partial charge in [0.05, 0.1) is 11.1 Å². The van der Waals surface area contributed by atoms with Gasteiger partial charge in [-0.1, -0.05) is 0 Å². The maximum absolute atomic E-state index is 14.1. The molecule has 0 amide bonds. The summed E-state index contributed by atoms with van der Waals surface area (Å²) in [5, 5.41) is 8.83. The molecule has 24 heavy (non-hydrogen) atoms. The van der Waals surface area contributed by atoms with Crippen LogP contribution >= 0.6 is 0 Å². The lowest BCUT2D eigenvalue weighted by molar-refractivity contribution is 0.0695. The molecule has 0 saturated carbocycles. The van der Waals surface area contributed by atoms with Gasteiger partial charge in [-0.15, -0.1) is 0 Å². The van der Waals surface area contributed by atoms with Gasteiger partial charge >= 0.3 is 5.97 Å². The number of hydrogen-bond acceptors (Lipinski definition) is 3. The van der Waals surface area contributed by atoms with Crippen molar-refractivity contribution in [3.8, 4) is 17.2 Å². The minimum atomic E-state index is -1.52. The highest BCUT2D eigenvalue weighted by Gasteiger charge is 2.28. The molecule has 8 heteroatoms. The Morgan fingerprint density at radius 3 is 2.62 bits per heavy atom. The monoisotopic (exact) mass is 333 g/mol. The van der Waals surface area contributed by atoms with Crippen molar-refractivity contribution in [2.45, 2.75) is 0 Å². The maximum Gasteiger partial charge on any atom is 0.341 e. The van der Waals surface area contributed by atoms with E-state index in [0.717, 1.165) is 18.3 Å². The molecule has 120 valence electrons. The fraction of sp³-hybridized carbons (Fsp3) is 0. The molecule has 0 saturated heterocycles. The van der Waals surface area contributed by atoms with Crippen LogP contribution in [-0.2, 0) is 0 Å². The van der Waals surface area contributed by atoms with Crippen molar-refractivity contribution in [1.29, 1.82) is 0 Å². The van der Waals surface area contributed by atoms with Crippen molar-refractivity contribution in [2.75, 3.05) is 0 Å². The molecule has 0 bridgehead atoms. The second kappa shape index (κ2) is 4.60. The van der Waals surface area contributed by atoms with Crippen molar-refractivity contribution in [3.05, 3.63) is 63.7 Å². The predicted octanol–water partition coefficient (Wildman–Crippen LogP) is 3.21. The standard InChI is InChI=1S/C16H6F3NO4/c17-6-1-2-10-11(3-6)24-15-12(19)9(18)4-7-13(15)20(10)5-8(14(7)21)16(22)23/h1-5H,(H,22,23). The summed E-state index contributed by atoms with van der Waals surface area (Å²) in [5.41, 5.74) is -1.52. The number of hydrogen-bond donors (Lipinski definition) is 1. The Kier molecular flexibility index (Phi) is 2.75. The summed E-state index contributed by atoms with van der Waals surface area (Å²) in [4.78, 5) is 23.5. The second-order valence-electron chi connectivity index (χ2n) is 5.16. The molecule has 3 aromatic rings. The van der Waals surface area contributed by atoms with Crippen LogP contribution in [0.1, 0.15) is 10.4 Å². The first-order chi connectivity index (χ1) is 11.4. The van der Waals surface area contributed by atoms with Gasteiger partial charge in [0.2, 0.25) is 11.2 Å². The number of nitrogens with zero attached hydrogens (tertiary/aromatic N) is 1. The largest absolute Gasteiger partial charge is 0.477 e. The molecule has 0 atom stereocenters. The molecule has 4 rings (SSSR count). The van der Waals surface area contributed by atoms with Crippen LogP contribution in [-0.4, -0.2) is 15.6 Å². The molecule has 5 nitrogen and oxygen atoms in total. The third-order valence-electron chi connectivity index (χ3n) is 3.76. The first-order valence-electron chi connectivity index (χ1n) is 6.67. The first-order valence-corrected chi connectivity index (χ1v) is 6.67. The Labute approximate surface area is 131 Å². The summed E-state index contributed by atoms with van der Waals surface area (Å²) in [7, 11) is 0. The summed E-state index contributed by atoms with van der Waals surface area (Å²) in [5.74, 6) is -5.65. The number of ether oxygens (including phenoxy) is 1. The van der Waals surface area contributed by atoms with E-state index in [2.05, 4.69) is 0 Å². The van der Waals surface area contributed by atoms with Crippen molar-refractivity contribution >= 4 is 16.9 Å².